The molecule has 0 unspecified atom stereocenters. The topological polar surface area (TPSA) is 68.3 Å². The van der Waals surface area contributed by atoms with Crippen LogP contribution in [-0.2, 0) is 9.53 Å². The maximum absolute atomic E-state index is 11.4. The Hall–Kier alpha value is -1.69. The SMILES string of the molecule is CCOC(=O)c1csc(C=CCCNC(C)=O)n1. The number of carbonyl (C=O) groups excluding carboxylic acids is 2. The van der Waals surface area contributed by atoms with Gasteiger partial charge in [0.05, 0.1) is 6.61 Å². The summed E-state index contributed by atoms with van der Waals surface area (Å²) in [6.07, 6.45) is 4.47. The zero-order chi connectivity index (χ0) is 13.4. The number of amides is 1. The highest BCUT2D eigenvalue weighted by atomic mass is 32.1. The molecule has 0 atom stereocenters. The van der Waals surface area contributed by atoms with Crippen LogP contribution in [0, 0.1) is 0 Å². The smallest absolute Gasteiger partial charge is 0.357 e. The molecule has 6 heteroatoms. The van der Waals surface area contributed by atoms with Crippen molar-refractivity contribution in [2.24, 2.45) is 0 Å². The molecule has 18 heavy (non-hydrogen) atoms. The third-order valence-corrected chi connectivity index (χ3v) is 2.76. The summed E-state index contributed by atoms with van der Waals surface area (Å²) >= 11 is 1.38. The van der Waals surface area contributed by atoms with Crippen molar-refractivity contribution in [3.63, 3.8) is 0 Å². The highest BCUT2D eigenvalue weighted by molar-refractivity contribution is 7.10. The first-order valence-corrected chi connectivity index (χ1v) is 6.55. The summed E-state index contributed by atoms with van der Waals surface area (Å²) in [5.74, 6) is -0.436. The predicted octanol–water partition coefficient (Wildman–Crippen LogP) is 1.86. The zero-order valence-corrected chi connectivity index (χ0v) is 11.3. The number of carbonyl (C=O) groups is 2. The van der Waals surface area contributed by atoms with Crippen LogP contribution in [-0.4, -0.2) is 30.0 Å². The summed E-state index contributed by atoms with van der Waals surface area (Å²) < 4.78 is 4.84. The molecule has 0 spiro atoms. The minimum absolute atomic E-state index is 0.0396. The van der Waals surface area contributed by atoms with E-state index in [9.17, 15) is 9.59 Å². The Morgan fingerprint density at radius 3 is 3.00 bits per heavy atom. The molecule has 0 aromatic carbocycles. The molecule has 0 aliphatic carbocycles. The first-order chi connectivity index (χ1) is 8.63. The Balaban J connectivity index is 2.41. The van der Waals surface area contributed by atoms with Crippen molar-refractivity contribution < 1.29 is 14.3 Å². The summed E-state index contributed by atoms with van der Waals surface area (Å²) in [4.78, 5) is 26.1. The number of nitrogens with zero attached hydrogens (tertiary/aromatic N) is 1. The van der Waals surface area contributed by atoms with Gasteiger partial charge in [-0.1, -0.05) is 6.08 Å². The lowest BCUT2D eigenvalue weighted by atomic mass is 10.3. The fraction of sp³-hybridized carbons (Fsp3) is 0.417. The monoisotopic (exact) mass is 268 g/mol. The highest BCUT2D eigenvalue weighted by Gasteiger charge is 2.09. The van der Waals surface area contributed by atoms with Gasteiger partial charge in [-0.3, -0.25) is 4.79 Å². The molecule has 0 bridgehead atoms. The highest BCUT2D eigenvalue weighted by Crippen LogP contribution is 2.12. The van der Waals surface area contributed by atoms with E-state index in [4.69, 9.17) is 4.74 Å². The maximum Gasteiger partial charge on any atom is 0.357 e. The Kier molecular flexibility index (Phi) is 6.07. The average Bonchev–Trinajstić information content (AvgIpc) is 2.77. The van der Waals surface area contributed by atoms with Gasteiger partial charge in [0.25, 0.3) is 0 Å². The molecule has 0 radical (unpaired) electrons. The number of nitrogens with one attached hydrogen (secondary N) is 1. The summed E-state index contributed by atoms with van der Waals surface area (Å²) in [5, 5.41) is 5.11. The lowest BCUT2D eigenvalue weighted by Gasteiger charge is -1.96. The molecule has 0 aliphatic rings. The Labute approximate surface area is 110 Å². The van der Waals surface area contributed by atoms with Crippen molar-refractivity contribution in [3.05, 3.63) is 22.2 Å². The molecule has 1 aromatic rings. The number of esters is 1. The lowest BCUT2D eigenvalue weighted by Crippen LogP contribution is -2.20. The largest absolute Gasteiger partial charge is 0.461 e. The van der Waals surface area contributed by atoms with Crippen molar-refractivity contribution in [2.75, 3.05) is 13.2 Å². The lowest BCUT2D eigenvalue weighted by molar-refractivity contribution is -0.118. The van der Waals surface area contributed by atoms with E-state index in [0.717, 1.165) is 11.4 Å². The third kappa shape index (κ3) is 5.09. The Bertz CT molecular complexity index is 440. The zero-order valence-electron chi connectivity index (χ0n) is 10.4. The number of hydrogen-bond acceptors (Lipinski definition) is 5. The van der Waals surface area contributed by atoms with Crippen LogP contribution < -0.4 is 5.32 Å². The van der Waals surface area contributed by atoms with Gasteiger partial charge < -0.3 is 10.1 Å². The van der Waals surface area contributed by atoms with E-state index in [0.29, 0.717) is 18.8 Å². The summed E-state index contributed by atoms with van der Waals surface area (Å²) in [7, 11) is 0. The molecule has 1 N–H and O–H groups in total. The third-order valence-electron chi connectivity index (χ3n) is 1.95. The average molecular weight is 268 g/mol. The molecule has 1 rings (SSSR count). The quantitative estimate of drug-likeness (QED) is 0.631. The summed E-state index contributed by atoms with van der Waals surface area (Å²) in [5.41, 5.74) is 0.336. The number of rotatable bonds is 6. The van der Waals surface area contributed by atoms with E-state index >= 15 is 0 Å². The molecule has 0 saturated heterocycles. The standard InChI is InChI=1S/C12H16N2O3S/c1-3-17-12(16)10-8-18-11(14-10)6-4-5-7-13-9(2)15/h4,6,8H,3,5,7H2,1-2H3,(H,13,15). The van der Waals surface area contributed by atoms with Crippen LogP contribution in [0.2, 0.25) is 0 Å². The predicted molar refractivity (Wildman–Crippen MR) is 70.4 cm³/mol. The van der Waals surface area contributed by atoms with Gasteiger partial charge in [0, 0.05) is 18.8 Å². The van der Waals surface area contributed by atoms with Crippen molar-refractivity contribution >= 4 is 29.3 Å². The van der Waals surface area contributed by atoms with Crippen LogP contribution >= 0.6 is 11.3 Å². The second-order valence-corrected chi connectivity index (χ2v) is 4.36. The first-order valence-electron chi connectivity index (χ1n) is 5.67. The Morgan fingerprint density at radius 2 is 2.33 bits per heavy atom. The molecule has 5 nitrogen and oxygen atoms in total. The van der Waals surface area contributed by atoms with E-state index in [1.54, 1.807) is 12.3 Å². The second-order valence-electron chi connectivity index (χ2n) is 3.47. The Morgan fingerprint density at radius 1 is 1.56 bits per heavy atom. The molecular formula is C12H16N2O3S. The maximum atomic E-state index is 11.4. The van der Waals surface area contributed by atoms with Gasteiger partial charge in [0.15, 0.2) is 5.69 Å². The van der Waals surface area contributed by atoms with Crippen LogP contribution in [0.15, 0.2) is 11.5 Å². The van der Waals surface area contributed by atoms with E-state index in [2.05, 4.69) is 10.3 Å². The van der Waals surface area contributed by atoms with Crippen LogP contribution in [0.25, 0.3) is 6.08 Å². The second kappa shape index (κ2) is 7.60. The van der Waals surface area contributed by atoms with Gasteiger partial charge in [-0.15, -0.1) is 11.3 Å². The van der Waals surface area contributed by atoms with Gasteiger partial charge in [-0.25, -0.2) is 9.78 Å². The van der Waals surface area contributed by atoms with E-state index in [1.165, 1.54) is 18.3 Å². The normalized spacial score (nSPS) is 10.6. The molecule has 1 aromatic heterocycles. The molecule has 1 amide bonds. The van der Waals surface area contributed by atoms with Crippen molar-refractivity contribution in [3.8, 4) is 0 Å². The fourth-order valence-electron chi connectivity index (χ4n) is 1.18. The fourth-order valence-corrected chi connectivity index (χ4v) is 1.89. The van der Waals surface area contributed by atoms with E-state index in [1.807, 2.05) is 12.2 Å². The minimum Gasteiger partial charge on any atom is -0.461 e. The molecule has 0 aliphatic heterocycles. The summed E-state index contributed by atoms with van der Waals surface area (Å²) in [6, 6.07) is 0. The van der Waals surface area contributed by atoms with Gasteiger partial charge >= 0.3 is 5.97 Å². The van der Waals surface area contributed by atoms with E-state index in [-0.39, 0.29) is 5.91 Å². The first kappa shape index (κ1) is 14.4. The number of thiazole rings is 1. The number of hydrogen-bond donors (Lipinski definition) is 1. The minimum atomic E-state index is -0.397. The number of ether oxygens (including phenoxy) is 1. The van der Waals surface area contributed by atoms with Crippen molar-refractivity contribution in [2.45, 2.75) is 20.3 Å². The van der Waals surface area contributed by atoms with Crippen LogP contribution in [0.3, 0.4) is 0 Å². The molecule has 98 valence electrons. The molecular weight excluding hydrogens is 252 g/mol. The van der Waals surface area contributed by atoms with Crippen LogP contribution in [0.5, 0.6) is 0 Å². The van der Waals surface area contributed by atoms with Crippen molar-refractivity contribution in [1.82, 2.24) is 10.3 Å². The number of aromatic nitrogens is 1. The van der Waals surface area contributed by atoms with Crippen LogP contribution in [0.1, 0.15) is 35.8 Å². The summed E-state index contributed by atoms with van der Waals surface area (Å²) in [6.45, 7) is 4.18. The van der Waals surface area contributed by atoms with Gasteiger partial charge in [-0.05, 0) is 19.4 Å². The molecule has 0 fully saturated rings. The van der Waals surface area contributed by atoms with E-state index < -0.39 is 5.97 Å². The molecule has 1 heterocycles. The molecule has 0 saturated carbocycles. The van der Waals surface area contributed by atoms with Crippen LogP contribution in [0.4, 0.5) is 0 Å². The van der Waals surface area contributed by atoms with Crippen molar-refractivity contribution in [1.29, 1.82) is 0 Å². The van der Waals surface area contributed by atoms with Gasteiger partial charge in [-0.2, -0.15) is 0 Å². The van der Waals surface area contributed by atoms with Gasteiger partial charge in [0.2, 0.25) is 5.91 Å². The van der Waals surface area contributed by atoms with Gasteiger partial charge in [0.1, 0.15) is 5.01 Å².